The highest BCUT2D eigenvalue weighted by Crippen LogP contribution is 2.61. The molecule has 0 saturated heterocycles. The predicted octanol–water partition coefficient (Wildman–Crippen LogP) is 9.82. The van der Waals surface area contributed by atoms with Gasteiger partial charge in [0.15, 0.2) is 11.0 Å². The normalized spacial score (nSPS) is 18.7. The van der Waals surface area contributed by atoms with E-state index in [2.05, 4.69) is 190 Å². The van der Waals surface area contributed by atoms with Gasteiger partial charge in [-0.05, 0) is 71.8 Å². The summed E-state index contributed by atoms with van der Waals surface area (Å²) in [6.07, 6.45) is 4.69. The van der Waals surface area contributed by atoms with E-state index in [9.17, 15) is 0 Å². The Hall–Kier alpha value is -6.98. The third-order valence-corrected chi connectivity index (χ3v) is 14.4. The first kappa shape index (κ1) is 28.5. The zero-order chi connectivity index (χ0) is 36.4. The topological polar surface area (TPSA) is 26.8 Å². The second-order valence-electron chi connectivity index (χ2n) is 16.9. The lowest BCUT2D eigenvalue weighted by molar-refractivity contribution is -0.968. The van der Waals surface area contributed by atoms with Crippen molar-refractivity contribution in [3.63, 3.8) is 0 Å². The number of benzene rings is 6. The third kappa shape index (κ3) is 2.62. The molecule has 0 fully saturated rings. The fourth-order valence-electron chi connectivity index (χ4n) is 12.4. The molecular weight excluding hydrogens is 685 g/mol. The molecule has 5 nitrogen and oxygen atoms in total. The van der Waals surface area contributed by atoms with E-state index in [0.717, 1.165) is 11.5 Å². The molecule has 1 spiro atoms. The number of rotatable bonds is 2. The number of para-hydroxylation sites is 2. The number of pyridine rings is 2. The molecule has 4 aromatic heterocycles. The number of fused-ring (bicyclic) bond motifs is 2. The van der Waals surface area contributed by atoms with Crippen LogP contribution in [0.2, 0.25) is 0 Å². The molecule has 5 aliphatic rings. The Kier molecular flexibility index (Phi) is 4.46. The minimum Gasteiger partial charge on any atom is -0.456 e. The molecule has 0 bridgehead atoms. The van der Waals surface area contributed by atoms with Crippen molar-refractivity contribution in [2.75, 3.05) is 0 Å². The number of hydrogen-bond donors (Lipinski definition) is 0. The van der Waals surface area contributed by atoms with Gasteiger partial charge in [0.05, 0.1) is 28.9 Å². The summed E-state index contributed by atoms with van der Waals surface area (Å²) in [6, 6.07) is 54.7. The van der Waals surface area contributed by atoms with E-state index >= 15 is 0 Å². The molecule has 9 heterocycles. The Morgan fingerprint density at radius 2 is 0.911 bits per heavy atom. The lowest BCUT2D eigenvalue weighted by atomic mass is 9.63. The van der Waals surface area contributed by atoms with Gasteiger partial charge in [-0.3, -0.25) is 0 Å². The maximum atomic E-state index is 7.19. The van der Waals surface area contributed by atoms with Gasteiger partial charge < -0.3 is 4.74 Å². The number of nitrogens with zero attached hydrogens (tertiary/aromatic N) is 4. The van der Waals surface area contributed by atoms with Crippen LogP contribution in [0.3, 0.4) is 0 Å². The number of aromatic nitrogens is 4. The van der Waals surface area contributed by atoms with Gasteiger partial charge in [0.25, 0.3) is 11.6 Å². The molecule has 0 N–H and O–H groups in total. The number of ether oxygens (including phenoxy) is 1. The van der Waals surface area contributed by atoms with Crippen molar-refractivity contribution in [2.24, 2.45) is 0 Å². The van der Waals surface area contributed by atoms with Gasteiger partial charge >= 0.3 is 5.66 Å². The van der Waals surface area contributed by atoms with Crippen molar-refractivity contribution in [3.05, 3.63) is 202 Å². The van der Waals surface area contributed by atoms with Crippen LogP contribution in [-0.2, 0) is 16.5 Å². The van der Waals surface area contributed by atoms with Crippen molar-refractivity contribution >= 4 is 43.6 Å². The minimum absolute atomic E-state index is 0.228. The molecule has 0 saturated carbocycles. The zero-order valence-corrected chi connectivity index (χ0v) is 30.7. The van der Waals surface area contributed by atoms with Gasteiger partial charge in [-0.2, -0.15) is 18.3 Å². The summed E-state index contributed by atoms with van der Waals surface area (Å²) in [5, 5.41) is 5.06. The van der Waals surface area contributed by atoms with Crippen molar-refractivity contribution in [3.8, 4) is 23.1 Å². The van der Waals surface area contributed by atoms with Gasteiger partial charge in [0, 0.05) is 38.1 Å². The monoisotopic (exact) mass is 716 g/mol. The molecule has 1 unspecified atom stereocenters. The molecule has 15 rings (SSSR count). The van der Waals surface area contributed by atoms with Crippen LogP contribution < -0.4 is 13.9 Å². The van der Waals surface area contributed by atoms with E-state index < -0.39 is 11.1 Å². The Morgan fingerprint density at radius 3 is 1.50 bits per heavy atom. The molecule has 1 atom stereocenters. The van der Waals surface area contributed by atoms with Crippen LogP contribution in [0.5, 0.6) is 11.5 Å². The zero-order valence-electron chi connectivity index (χ0n) is 30.7. The minimum atomic E-state index is -0.808. The average molecular weight is 717 g/mol. The van der Waals surface area contributed by atoms with Gasteiger partial charge in [-0.1, -0.05) is 98.8 Å². The van der Waals surface area contributed by atoms with Gasteiger partial charge in [0.1, 0.15) is 33.7 Å². The summed E-state index contributed by atoms with van der Waals surface area (Å²) < 4.78 is 17.6. The molecular formula is C51H32N4O+2. The van der Waals surface area contributed by atoms with Crippen LogP contribution in [-0.4, -0.2) is 9.13 Å². The average Bonchev–Trinajstić information content (AvgIpc) is 3.77. The quantitative estimate of drug-likeness (QED) is 0.164. The highest BCUT2D eigenvalue weighted by Gasteiger charge is 2.67. The lowest BCUT2D eigenvalue weighted by Gasteiger charge is -2.45. The largest absolute Gasteiger partial charge is 0.456 e. The molecule has 56 heavy (non-hydrogen) atoms. The first-order valence-corrected chi connectivity index (χ1v) is 19.7. The molecule has 0 amide bonds. The third-order valence-electron chi connectivity index (χ3n) is 14.4. The second-order valence-corrected chi connectivity index (χ2v) is 16.9. The van der Waals surface area contributed by atoms with Crippen LogP contribution in [0.15, 0.2) is 158 Å². The summed E-state index contributed by atoms with van der Waals surface area (Å²) in [5.41, 5.74) is 13.5. The maximum Gasteiger partial charge on any atom is 0.321 e. The SMILES string of the molecule is CC1(C)c2ccc[n+]3c2-n2c4c1cccc4c1ccc4c(c12)C31c2c(ccc3c5cccc6c5n(c23)-c2c(ccc[n+]21)C6(c1ccccc1)c1ccccc1)O4. The lowest BCUT2D eigenvalue weighted by Crippen LogP contribution is -2.79. The van der Waals surface area contributed by atoms with Crippen molar-refractivity contribution < 1.29 is 13.9 Å². The molecule has 0 aliphatic carbocycles. The smallest absolute Gasteiger partial charge is 0.321 e. The van der Waals surface area contributed by atoms with Gasteiger partial charge in [-0.25, -0.2) is 0 Å². The molecule has 260 valence electrons. The Bertz CT molecular complexity index is 3500. The molecule has 0 radical (unpaired) electrons. The van der Waals surface area contributed by atoms with Crippen LogP contribution in [0.1, 0.15) is 58.4 Å². The number of hydrogen-bond acceptors (Lipinski definition) is 1. The van der Waals surface area contributed by atoms with E-state index in [-0.39, 0.29) is 5.41 Å². The Labute approximate surface area is 321 Å². The standard InChI is InChI=1S/C51H32N4O/c1-49(2)35-19-9-17-31-33-23-25-39-41-45(33)54(43(31)35)47-37(49)21-11-27-52(47)51(41)42-40(56-39)26-24-34-32-18-10-20-36-44(32)55(46(34)42)48-38(22-12-28-53(48)51)50(36,29-13-5-3-6-14-29)30-15-7-4-8-16-30/h3-28H,1-2H3/q+2. The van der Waals surface area contributed by atoms with E-state index in [0.29, 0.717) is 0 Å². The van der Waals surface area contributed by atoms with E-state index in [4.69, 9.17) is 4.74 Å². The fraction of sp³-hybridized carbons (Fsp3) is 0.0980. The van der Waals surface area contributed by atoms with Crippen LogP contribution >= 0.6 is 0 Å². The van der Waals surface area contributed by atoms with Crippen LogP contribution in [0.4, 0.5) is 0 Å². The van der Waals surface area contributed by atoms with E-state index in [1.54, 1.807) is 0 Å². The fourth-order valence-corrected chi connectivity index (χ4v) is 12.4. The van der Waals surface area contributed by atoms with Crippen LogP contribution in [0, 0.1) is 0 Å². The van der Waals surface area contributed by atoms with Gasteiger partial charge in [-0.15, -0.1) is 0 Å². The van der Waals surface area contributed by atoms with Crippen molar-refractivity contribution in [2.45, 2.75) is 30.3 Å². The summed E-state index contributed by atoms with van der Waals surface area (Å²) in [5.74, 6) is 4.23. The van der Waals surface area contributed by atoms with Crippen molar-refractivity contribution in [1.29, 1.82) is 0 Å². The summed E-state index contributed by atoms with van der Waals surface area (Å²) in [6.45, 7) is 4.81. The van der Waals surface area contributed by atoms with Crippen LogP contribution in [0.25, 0.3) is 55.2 Å². The molecule has 10 aromatic rings. The van der Waals surface area contributed by atoms with E-state index in [1.165, 1.54) is 99.8 Å². The van der Waals surface area contributed by atoms with Crippen molar-refractivity contribution in [1.82, 2.24) is 9.13 Å². The Balaban J connectivity index is 1.26. The van der Waals surface area contributed by atoms with E-state index in [1.807, 2.05) is 0 Å². The highest BCUT2D eigenvalue weighted by atomic mass is 16.5. The first-order valence-electron chi connectivity index (χ1n) is 19.7. The summed E-state index contributed by atoms with van der Waals surface area (Å²) >= 11 is 0. The van der Waals surface area contributed by atoms with Gasteiger partial charge in [0.2, 0.25) is 0 Å². The highest BCUT2D eigenvalue weighted by molar-refractivity contribution is 6.16. The second kappa shape index (κ2) is 8.77. The molecule has 5 heteroatoms. The maximum absolute atomic E-state index is 7.19. The summed E-state index contributed by atoms with van der Waals surface area (Å²) in [7, 11) is 0. The molecule has 6 aromatic carbocycles. The Morgan fingerprint density at radius 1 is 0.429 bits per heavy atom. The first-order chi connectivity index (χ1) is 27.6. The summed E-state index contributed by atoms with van der Waals surface area (Å²) in [4.78, 5) is 0. The molecule has 5 aliphatic heterocycles. The predicted molar refractivity (Wildman–Crippen MR) is 218 cm³/mol.